The molecule has 1 unspecified atom stereocenters. The smallest absolute Gasteiger partial charge is 0.612 e. The van der Waals surface area contributed by atoms with Gasteiger partial charge in [-0.05, 0) is 11.4 Å². The van der Waals surface area contributed by atoms with Crippen LogP contribution >= 0.6 is 11.3 Å². The van der Waals surface area contributed by atoms with E-state index in [1.54, 1.807) is 12.1 Å². The van der Waals surface area contributed by atoms with Gasteiger partial charge in [0.25, 0.3) is 0 Å². The molecule has 1 rings (SSSR count). The summed E-state index contributed by atoms with van der Waals surface area (Å²) in [5, 5.41) is 22.5. The standard InChI is InChI=1S/C9H10NO3S.K/c1-2-5-13-8(7-10(11)12)9-4-3-6-14-9;/h2-4,6-8H,1,5H2;/q-1;+1. The van der Waals surface area contributed by atoms with Crippen molar-refractivity contribution in [3.8, 4) is 0 Å². The minimum Gasteiger partial charge on any atom is -0.612 e. The van der Waals surface area contributed by atoms with Crippen LogP contribution in [0.3, 0.4) is 0 Å². The largest absolute Gasteiger partial charge is 1.00 e. The second-order valence-corrected chi connectivity index (χ2v) is 3.47. The van der Waals surface area contributed by atoms with Gasteiger partial charge in [-0.15, -0.1) is 17.9 Å². The van der Waals surface area contributed by atoms with Crippen LogP contribution in [0.25, 0.3) is 0 Å². The molecule has 15 heavy (non-hydrogen) atoms. The van der Waals surface area contributed by atoms with Gasteiger partial charge in [-0.25, -0.2) is 0 Å². The zero-order valence-corrected chi connectivity index (χ0v) is 12.4. The quantitative estimate of drug-likeness (QED) is 0.223. The molecule has 0 spiro atoms. The van der Waals surface area contributed by atoms with Gasteiger partial charge in [-0.2, -0.15) is 4.90 Å². The Hall–Kier alpha value is 0.306. The average molecular weight is 251 g/mol. The molecular formula is C9H10KNO3S. The average Bonchev–Trinajstić information content (AvgIpc) is 2.64. The minimum atomic E-state index is -0.581. The fraction of sp³-hybridized carbons (Fsp3) is 0.222. The van der Waals surface area contributed by atoms with E-state index >= 15 is 0 Å². The van der Waals surface area contributed by atoms with Gasteiger partial charge in [-0.1, -0.05) is 12.1 Å². The predicted octanol–water partition coefficient (Wildman–Crippen LogP) is -0.925. The van der Waals surface area contributed by atoms with Gasteiger partial charge in [0.2, 0.25) is 0 Å². The molecule has 1 heterocycles. The van der Waals surface area contributed by atoms with Crippen molar-refractivity contribution in [1.29, 1.82) is 0 Å². The van der Waals surface area contributed by atoms with Gasteiger partial charge in [-0.3, -0.25) is 0 Å². The topological polar surface area (TPSA) is 58.4 Å². The van der Waals surface area contributed by atoms with Crippen LogP contribution in [0.5, 0.6) is 0 Å². The molecule has 1 atom stereocenters. The van der Waals surface area contributed by atoms with Gasteiger partial charge < -0.3 is 15.2 Å². The normalized spacial score (nSPS) is 11.2. The molecule has 0 saturated heterocycles. The molecule has 1 aromatic rings. The van der Waals surface area contributed by atoms with Crippen molar-refractivity contribution in [2.45, 2.75) is 6.10 Å². The van der Waals surface area contributed by atoms with E-state index in [1.165, 1.54) is 11.3 Å². The molecule has 0 fully saturated rings. The zero-order valence-electron chi connectivity index (χ0n) is 8.46. The summed E-state index contributed by atoms with van der Waals surface area (Å²) in [7, 11) is 0. The Balaban J connectivity index is 0.00000196. The molecule has 0 aromatic carbocycles. The Morgan fingerprint density at radius 2 is 2.33 bits per heavy atom. The molecule has 0 bridgehead atoms. The molecule has 0 saturated carbocycles. The first kappa shape index (κ1) is 15.3. The Bertz CT molecular complexity index is 309. The summed E-state index contributed by atoms with van der Waals surface area (Å²) in [5.74, 6) is 0. The number of thiophene rings is 1. The Morgan fingerprint density at radius 1 is 1.60 bits per heavy atom. The van der Waals surface area contributed by atoms with Crippen LogP contribution in [0.2, 0.25) is 0 Å². The van der Waals surface area contributed by atoms with E-state index in [0.29, 0.717) is 6.61 Å². The first-order valence-electron chi connectivity index (χ1n) is 3.98. The predicted molar refractivity (Wildman–Crippen MR) is 56.3 cm³/mol. The van der Waals surface area contributed by atoms with E-state index in [-0.39, 0.29) is 51.4 Å². The molecule has 0 amide bonds. The fourth-order valence-electron chi connectivity index (χ4n) is 0.934. The summed E-state index contributed by atoms with van der Waals surface area (Å²) >= 11 is 1.43. The molecule has 0 N–H and O–H groups in total. The number of ether oxygens (including phenoxy) is 1. The van der Waals surface area contributed by atoms with Crippen molar-refractivity contribution >= 4 is 17.6 Å². The van der Waals surface area contributed by atoms with E-state index in [4.69, 9.17) is 4.74 Å². The second kappa shape index (κ2) is 8.46. The van der Waals surface area contributed by atoms with E-state index in [2.05, 4.69) is 6.58 Å². The SMILES string of the molecule is C=CCOC(C=[N+]([O-])[O-])c1cccs1.[K+]. The van der Waals surface area contributed by atoms with Crippen molar-refractivity contribution in [3.63, 3.8) is 0 Å². The molecule has 6 heteroatoms. The van der Waals surface area contributed by atoms with Crippen molar-refractivity contribution < 1.29 is 61.0 Å². The summed E-state index contributed by atoms with van der Waals surface area (Å²) in [6.45, 7) is 3.79. The van der Waals surface area contributed by atoms with Gasteiger partial charge in [0.15, 0.2) is 12.3 Å². The third-order valence-corrected chi connectivity index (χ3v) is 2.41. The summed E-state index contributed by atoms with van der Waals surface area (Å²) in [5.41, 5.74) is 0. The van der Waals surface area contributed by atoms with Crippen LogP contribution in [-0.2, 0) is 4.74 Å². The van der Waals surface area contributed by atoms with E-state index in [0.717, 1.165) is 11.1 Å². The van der Waals surface area contributed by atoms with Crippen molar-refractivity contribution in [2.24, 2.45) is 0 Å². The summed E-state index contributed by atoms with van der Waals surface area (Å²) in [6.07, 6.45) is 1.92. The summed E-state index contributed by atoms with van der Waals surface area (Å²) in [6, 6.07) is 3.64. The van der Waals surface area contributed by atoms with Crippen LogP contribution in [0, 0.1) is 10.4 Å². The monoisotopic (exact) mass is 251 g/mol. The van der Waals surface area contributed by atoms with Crippen molar-refractivity contribution in [1.82, 2.24) is 0 Å². The molecule has 0 aliphatic rings. The molecule has 76 valence electrons. The Labute approximate surface area is 135 Å². The van der Waals surface area contributed by atoms with Crippen LogP contribution in [-0.4, -0.2) is 17.7 Å². The van der Waals surface area contributed by atoms with Gasteiger partial charge in [0.05, 0.1) is 6.61 Å². The van der Waals surface area contributed by atoms with Gasteiger partial charge >= 0.3 is 51.4 Å². The van der Waals surface area contributed by atoms with Crippen LogP contribution in [0.1, 0.15) is 11.0 Å². The first-order valence-corrected chi connectivity index (χ1v) is 4.86. The molecule has 0 radical (unpaired) electrons. The minimum absolute atomic E-state index is 0. The maximum absolute atomic E-state index is 10.3. The Kier molecular flexibility index (Phi) is 8.63. The second-order valence-electron chi connectivity index (χ2n) is 2.49. The third kappa shape index (κ3) is 5.81. The van der Waals surface area contributed by atoms with Crippen LogP contribution < -0.4 is 51.4 Å². The van der Waals surface area contributed by atoms with E-state index in [1.807, 2.05) is 11.4 Å². The van der Waals surface area contributed by atoms with Gasteiger partial charge in [0, 0.05) is 4.88 Å². The van der Waals surface area contributed by atoms with E-state index in [9.17, 15) is 10.4 Å². The summed E-state index contributed by atoms with van der Waals surface area (Å²) in [4.78, 5) is 0.330. The third-order valence-electron chi connectivity index (χ3n) is 1.47. The van der Waals surface area contributed by atoms with E-state index < -0.39 is 11.0 Å². The van der Waals surface area contributed by atoms with Crippen LogP contribution in [0.4, 0.5) is 0 Å². The maximum atomic E-state index is 10.3. The molecular weight excluding hydrogens is 241 g/mol. The number of rotatable bonds is 5. The number of hydrogen-bond acceptors (Lipinski definition) is 4. The van der Waals surface area contributed by atoms with Crippen LogP contribution in [0.15, 0.2) is 30.2 Å². The fourth-order valence-corrected chi connectivity index (χ4v) is 1.67. The van der Waals surface area contributed by atoms with Crippen molar-refractivity contribution in [3.05, 3.63) is 45.5 Å². The molecule has 0 aliphatic heterocycles. The summed E-state index contributed by atoms with van der Waals surface area (Å²) < 4.78 is 5.24. The number of hydrogen-bond donors (Lipinski definition) is 0. The zero-order chi connectivity index (χ0) is 10.4. The van der Waals surface area contributed by atoms with Crippen molar-refractivity contribution in [2.75, 3.05) is 6.61 Å². The molecule has 1 aromatic heterocycles. The molecule has 0 aliphatic carbocycles. The number of nitrogens with zero attached hydrogens (tertiary/aromatic N) is 1. The Morgan fingerprint density at radius 3 is 2.80 bits per heavy atom. The molecule has 4 nitrogen and oxygen atoms in total. The first-order chi connectivity index (χ1) is 6.74. The van der Waals surface area contributed by atoms with Gasteiger partial charge in [0.1, 0.15) is 0 Å². The maximum Gasteiger partial charge on any atom is 1.00 e.